The lowest BCUT2D eigenvalue weighted by molar-refractivity contribution is -0.0716. The zero-order valence-electron chi connectivity index (χ0n) is 17.8. The van der Waals surface area contributed by atoms with Gasteiger partial charge in [-0.05, 0) is 57.9 Å². The van der Waals surface area contributed by atoms with E-state index in [4.69, 9.17) is 4.74 Å². The van der Waals surface area contributed by atoms with Crippen LogP contribution in [-0.4, -0.2) is 12.1 Å². The summed E-state index contributed by atoms with van der Waals surface area (Å²) in [6.45, 7) is 15.4. The van der Waals surface area contributed by atoms with Crippen LogP contribution >= 0.6 is 0 Å². The van der Waals surface area contributed by atoms with Gasteiger partial charge in [0, 0.05) is 28.4 Å². The van der Waals surface area contributed by atoms with Crippen LogP contribution in [0.1, 0.15) is 70.4 Å². The van der Waals surface area contributed by atoms with Gasteiger partial charge in [0.15, 0.2) is 0 Å². The fraction of sp³-hybridized carbons (Fsp3) is 0.500. The average molecular weight is 367 g/mol. The second kappa shape index (κ2) is 7.55. The summed E-state index contributed by atoms with van der Waals surface area (Å²) in [6, 6.07) is 15.8. The Bertz CT molecular complexity index is 780. The van der Waals surface area contributed by atoms with Crippen LogP contribution in [0.15, 0.2) is 42.5 Å². The molecule has 0 amide bonds. The van der Waals surface area contributed by atoms with E-state index in [1.54, 1.807) is 0 Å². The van der Waals surface area contributed by atoms with Gasteiger partial charge in [0.2, 0.25) is 0 Å². The highest BCUT2D eigenvalue weighted by molar-refractivity contribution is 5.68. The third-order valence-corrected chi connectivity index (χ3v) is 5.35. The molecule has 0 saturated carbocycles. The molecule has 0 fully saturated rings. The molecule has 3 heteroatoms. The largest absolute Gasteiger partial charge is 0.383 e. The van der Waals surface area contributed by atoms with Gasteiger partial charge in [0.05, 0.1) is 18.2 Å². The van der Waals surface area contributed by atoms with Crippen LogP contribution in [0.5, 0.6) is 0 Å². The van der Waals surface area contributed by atoms with Crippen molar-refractivity contribution >= 4 is 11.4 Å². The molecule has 0 aliphatic carbocycles. The quantitative estimate of drug-likeness (QED) is 0.636. The standard InChI is InChI=1S/C24H34N2O/c1-15(2)25-19-13-17(5)21-20(14-19)23(27-16(3)4)24(6,7)22(26-21)18-11-9-8-10-12-18/h8-16,22-23,25-26H,1-7H3. The third-order valence-electron chi connectivity index (χ3n) is 5.35. The Labute approximate surface area is 164 Å². The van der Waals surface area contributed by atoms with Gasteiger partial charge < -0.3 is 15.4 Å². The van der Waals surface area contributed by atoms with Gasteiger partial charge in [0.25, 0.3) is 0 Å². The minimum absolute atomic E-state index is 0.0200. The number of ether oxygens (including phenoxy) is 1. The number of benzene rings is 2. The molecule has 2 N–H and O–H groups in total. The van der Waals surface area contributed by atoms with Gasteiger partial charge in [-0.15, -0.1) is 0 Å². The molecular formula is C24H34N2O. The minimum atomic E-state index is -0.0957. The van der Waals surface area contributed by atoms with Crippen LogP contribution in [0.4, 0.5) is 11.4 Å². The van der Waals surface area contributed by atoms with Crippen LogP contribution in [-0.2, 0) is 4.74 Å². The maximum atomic E-state index is 6.53. The molecule has 1 aliphatic rings. The molecule has 2 unspecified atom stereocenters. The van der Waals surface area contributed by atoms with E-state index in [9.17, 15) is 0 Å². The zero-order chi connectivity index (χ0) is 19.8. The molecule has 1 heterocycles. The molecule has 27 heavy (non-hydrogen) atoms. The average Bonchev–Trinajstić information content (AvgIpc) is 2.57. The van der Waals surface area contributed by atoms with Crippen molar-refractivity contribution in [2.24, 2.45) is 5.41 Å². The van der Waals surface area contributed by atoms with Crippen molar-refractivity contribution in [3.05, 3.63) is 59.2 Å². The number of hydrogen-bond acceptors (Lipinski definition) is 3. The lowest BCUT2D eigenvalue weighted by Crippen LogP contribution is -2.41. The van der Waals surface area contributed by atoms with Gasteiger partial charge in [-0.1, -0.05) is 44.2 Å². The Morgan fingerprint density at radius 2 is 1.70 bits per heavy atom. The third kappa shape index (κ3) is 3.98. The molecule has 0 saturated heterocycles. The Balaban J connectivity index is 2.13. The van der Waals surface area contributed by atoms with E-state index in [0.29, 0.717) is 6.04 Å². The predicted molar refractivity (Wildman–Crippen MR) is 115 cm³/mol. The minimum Gasteiger partial charge on any atom is -0.383 e. The Morgan fingerprint density at radius 3 is 2.30 bits per heavy atom. The van der Waals surface area contributed by atoms with Gasteiger partial charge in [-0.3, -0.25) is 0 Å². The normalized spacial score (nSPS) is 21.1. The molecule has 0 spiro atoms. The number of rotatable bonds is 5. The lowest BCUT2D eigenvalue weighted by Gasteiger charge is -2.48. The van der Waals surface area contributed by atoms with Crippen molar-refractivity contribution in [3.63, 3.8) is 0 Å². The van der Waals surface area contributed by atoms with E-state index in [-0.39, 0.29) is 23.7 Å². The van der Waals surface area contributed by atoms with Gasteiger partial charge in [-0.25, -0.2) is 0 Å². The molecule has 3 rings (SSSR count). The monoisotopic (exact) mass is 366 g/mol. The second-order valence-electron chi connectivity index (χ2n) is 8.93. The van der Waals surface area contributed by atoms with Gasteiger partial charge in [0.1, 0.15) is 0 Å². The van der Waals surface area contributed by atoms with Gasteiger partial charge in [-0.2, -0.15) is 0 Å². The van der Waals surface area contributed by atoms with Gasteiger partial charge >= 0.3 is 0 Å². The van der Waals surface area contributed by atoms with Crippen LogP contribution < -0.4 is 10.6 Å². The summed E-state index contributed by atoms with van der Waals surface area (Å²) in [5, 5.41) is 7.40. The summed E-state index contributed by atoms with van der Waals surface area (Å²) in [6.07, 6.45) is 0.185. The molecule has 146 valence electrons. The molecule has 2 atom stereocenters. The SMILES string of the molecule is Cc1cc(NC(C)C)cc2c1NC(c1ccccc1)C(C)(C)C2OC(C)C. The zero-order valence-corrected chi connectivity index (χ0v) is 17.8. The molecule has 0 bridgehead atoms. The molecule has 3 nitrogen and oxygen atoms in total. The van der Waals surface area contributed by atoms with E-state index in [0.717, 1.165) is 5.69 Å². The fourth-order valence-corrected chi connectivity index (χ4v) is 4.20. The lowest BCUT2D eigenvalue weighted by atomic mass is 9.70. The van der Waals surface area contributed by atoms with Crippen LogP contribution in [0.25, 0.3) is 0 Å². The molecule has 0 aromatic heterocycles. The highest BCUT2D eigenvalue weighted by Gasteiger charge is 2.45. The second-order valence-corrected chi connectivity index (χ2v) is 8.93. The van der Waals surface area contributed by atoms with Crippen molar-refractivity contribution in [1.29, 1.82) is 0 Å². The number of anilines is 2. The number of hydrogen-bond donors (Lipinski definition) is 2. The maximum Gasteiger partial charge on any atom is 0.0922 e. The van der Waals surface area contributed by atoms with Crippen molar-refractivity contribution in [2.75, 3.05) is 10.6 Å². The summed E-state index contributed by atoms with van der Waals surface area (Å²) in [5.74, 6) is 0. The predicted octanol–water partition coefficient (Wildman–Crippen LogP) is 6.47. The van der Waals surface area contributed by atoms with E-state index in [2.05, 4.69) is 102 Å². The fourth-order valence-electron chi connectivity index (χ4n) is 4.20. The smallest absolute Gasteiger partial charge is 0.0922 e. The highest BCUT2D eigenvalue weighted by atomic mass is 16.5. The van der Waals surface area contributed by atoms with Crippen LogP contribution in [0, 0.1) is 12.3 Å². The highest BCUT2D eigenvalue weighted by Crippen LogP contribution is 2.54. The van der Waals surface area contributed by atoms with Crippen LogP contribution in [0.3, 0.4) is 0 Å². The van der Waals surface area contributed by atoms with E-state index in [1.165, 1.54) is 22.4 Å². The number of aryl methyl sites for hydroxylation is 1. The summed E-state index contributed by atoms with van der Waals surface area (Å²) in [5.41, 5.74) is 6.09. The molecule has 2 aromatic carbocycles. The van der Waals surface area contributed by atoms with Crippen molar-refractivity contribution in [3.8, 4) is 0 Å². The Hall–Kier alpha value is -2.00. The summed E-state index contributed by atoms with van der Waals surface area (Å²) in [4.78, 5) is 0. The summed E-state index contributed by atoms with van der Waals surface area (Å²) < 4.78 is 6.53. The Kier molecular flexibility index (Phi) is 5.53. The molecular weight excluding hydrogens is 332 g/mol. The van der Waals surface area contributed by atoms with Crippen molar-refractivity contribution < 1.29 is 4.74 Å². The molecule has 0 radical (unpaired) electrons. The first-order chi connectivity index (χ1) is 12.7. The first-order valence-corrected chi connectivity index (χ1v) is 10.1. The maximum absolute atomic E-state index is 6.53. The first-order valence-electron chi connectivity index (χ1n) is 10.1. The summed E-state index contributed by atoms with van der Waals surface area (Å²) >= 11 is 0. The van der Waals surface area contributed by atoms with Crippen molar-refractivity contribution in [1.82, 2.24) is 0 Å². The van der Waals surface area contributed by atoms with Crippen molar-refractivity contribution in [2.45, 2.75) is 72.8 Å². The van der Waals surface area contributed by atoms with E-state index < -0.39 is 0 Å². The number of fused-ring (bicyclic) bond motifs is 1. The molecule has 2 aromatic rings. The molecule has 1 aliphatic heterocycles. The number of nitrogens with one attached hydrogen (secondary N) is 2. The van der Waals surface area contributed by atoms with E-state index >= 15 is 0 Å². The topological polar surface area (TPSA) is 33.3 Å². The van der Waals surface area contributed by atoms with Crippen LogP contribution in [0.2, 0.25) is 0 Å². The first kappa shape index (κ1) is 19.8. The summed E-state index contributed by atoms with van der Waals surface area (Å²) in [7, 11) is 0. The van der Waals surface area contributed by atoms with E-state index in [1.807, 2.05) is 0 Å². The Morgan fingerprint density at radius 1 is 1.04 bits per heavy atom.